The van der Waals surface area contributed by atoms with Gasteiger partial charge in [-0.3, -0.25) is 4.68 Å². The van der Waals surface area contributed by atoms with Crippen LogP contribution in [0.1, 0.15) is 17.7 Å². The van der Waals surface area contributed by atoms with Crippen LogP contribution in [-0.2, 0) is 13.0 Å². The molecule has 0 spiro atoms. The van der Waals surface area contributed by atoms with E-state index in [1.54, 1.807) is 11.4 Å². The smallest absolute Gasteiger partial charge is 0.155 e. The van der Waals surface area contributed by atoms with Gasteiger partial charge in [0.2, 0.25) is 0 Å². The van der Waals surface area contributed by atoms with Crippen LogP contribution >= 0.6 is 0 Å². The minimum atomic E-state index is -0.604. The molecule has 1 aliphatic heterocycles. The highest BCUT2D eigenvalue weighted by Gasteiger charge is 2.26. The summed E-state index contributed by atoms with van der Waals surface area (Å²) in [5, 5.41) is 8.83. The van der Waals surface area contributed by atoms with Crippen LogP contribution in [0.5, 0.6) is 0 Å². The summed E-state index contributed by atoms with van der Waals surface area (Å²) >= 11 is 0. The molecule has 0 bridgehead atoms. The monoisotopic (exact) mass is 351 g/mol. The van der Waals surface area contributed by atoms with E-state index in [1.165, 1.54) is 12.4 Å². The van der Waals surface area contributed by atoms with Crippen molar-refractivity contribution >= 4 is 5.65 Å². The van der Waals surface area contributed by atoms with Gasteiger partial charge in [0.25, 0.3) is 0 Å². The SMILES string of the molecule is Cc1cc(-c2nn3c(c2-c2ccc4ncnn4c2)CCC3)c(F)cc1F. The van der Waals surface area contributed by atoms with Crippen molar-refractivity contribution in [1.82, 2.24) is 24.4 Å². The molecule has 4 heterocycles. The van der Waals surface area contributed by atoms with Crippen molar-refractivity contribution in [3.63, 3.8) is 0 Å². The zero-order chi connectivity index (χ0) is 17.8. The maximum atomic E-state index is 14.6. The Bertz CT molecular complexity index is 1160. The molecule has 0 aliphatic carbocycles. The normalized spacial score (nSPS) is 13.5. The summed E-state index contributed by atoms with van der Waals surface area (Å²) in [6, 6.07) is 6.27. The standard InChI is InChI=1S/C19H15F2N5/c1-11-7-13(15(21)8-14(11)20)19-18(16-3-2-6-25(16)24-19)12-4-5-17-22-10-23-26(17)9-12/h4-5,7-10H,2-3,6H2,1H3. The lowest BCUT2D eigenvalue weighted by Crippen LogP contribution is -1.96. The van der Waals surface area contributed by atoms with Gasteiger partial charge >= 0.3 is 0 Å². The first-order valence-corrected chi connectivity index (χ1v) is 8.47. The molecule has 0 unspecified atom stereocenters. The van der Waals surface area contributed by atoms with Gasteiger partial charge in [-0.1, -0.05) is 0 Å². The number of rotatable bonds is 2. The van der Waals surface area contributed by atoms with Gasteiger partial charge in [-0.25, -0.2) is 18.3 Å². The molecule has 0 saturated heterocycles. The third-order valence-corrected chi connectivity index (χ3v) is 4.91. The van der Waals surface area contributed by atoms with Crippen LogP contribution in [0, 0.1) is 18.6 Å². The van der Waals surface area contributed by atoms with E-state index in [-0.39, 0.29) is 0 Å². The lowest BCUT2D eigenvalue weighted by Gasteiger charge is -2.08. The molecule has 0 amide bonds. The fourth-order valence-corrected chi connectivity index (χ4v) is 3.63. The van der Waals surface area contributed by atoms with Crippen molar-refractivity contribution in [2.75, 3.05) is 0 Å². The number of fused-ring (bicyclic) bond motifs is 2. The quantitative estimate of drug-likeness (QED) is 0.552. The summed E-state index contributed by atoms with van der Waals surface area (Å²) in [6.07, 6.45) is 5.24. The minimum Gasteiger partial charge on any atom is -0.268 e. The van der Waals surface area contributed by atoms with Crippen LogP contribution in [0.4, 0.5) is 8.78 Å². The van der Waals surface area contributed by atoms with Gasteiger partial charge in [0.15, 0.2) is 5.65 Å². The predicted molar refractivity (Wildman–Crippen MR) is 92.6 cm³/mol. The van der Waals surface area contributed by atoms with E-state index in [2.05, 4.69) is 15.2 Å². The summed E-state index contributed by atoms with van der Waals surface area (Å²) in [5.41, 5.74) is 4.84. The molecule has 0 N–H and O–H groups in total. The first kappa shape index (κ1) is 15.2. The zero-order valence-corrected chi connectivity index (χ0v) is 14.1. The molecule has 0 radical (unpaired) electrons. The van der Waals surface area contributed by atoms with Crippen LogP contribution in [-0.4, -0.2) is 24.4 Å². The fourth-order valence-electron chi connectivity index (χ4n) is 3.63. The molecule has 5 nitrogen and oxygen atoms in total. The summed E-state index contributed by atoms with van der Waals surface area (Å²) < 4.78 is 31.9. The second-order valence-electron chi connectivity index (χ2n) is 6.56. The van der Waals surface area contributed by atoms with Gasteiger partial charge in [-0.05, 0) is 43.5 Å². The van der Waals surface area contributed by atoms with Crippen LogP contribution in [0.2, 0.25) is 0 Å². The molecule has 0 atom stereocenters. The second kappa shape index (κ2) is 5.45. The summed E-state index contributed by atoms with van der Waals surface area (Å²) in [5.74, 6) is -1.16. The first-order chi connectivity index (χ1) is 12.6. The molecule has 26 heavy (non-hydrogen) atoms. The topological polar surface area (TPSA) is 48.0 Å². The van der Waals surface area contributed by atoms with Gasteiger partial charge in [-0.15, -0.1) is 0 Å². The van der Waals surface area contributed by atoms with Gasteiger partial charge in [-0.2, -0.15) is 10.2 Å². The summed E-state index contributed by atoms with van der Waals surface area (Å²) in [7, 11) is 0. The van der Waals surface area contributed by atoms with Crippen molar-refractivity contribution in [2.45, 2.75) is 26.3 Å². The average molecular weight is 351 g/mol. The third kappa shape index (κ3) is 2.16. The summed E-state index contributed by atoms with van der Waals surface area (Å²) in [6.45, 7) is 2.43. The molecule has 5 rings (SSSR count). The summed E-state index contributed by atoms with van der Waals surface area (Å²) in [4.78, 5) is 4.16. The molecular formula is C19H15F2N5. The molecule has 1 aliphatic rings. The molecule has 0 fully saturated rings. The van der Waals surface area contributed by atoms with E-state index in [4.69, 9.17) is 0 Å². The lowest BCUT2D eigenvalue weighted by atomic mass is 9.97. The number of aromatic nitrogens is 5. The number of nitrogens with zero attached hydrogens (tertiary/aromatic N) is 5. The average Bonchev–Trinajstić information content (AvgIpc) is 3.32. The Labute approximate surface area is 147 Å². The van der Waals surface area contributed by atoms with Crippen molar-refractivity contribution < 1.29 is 8.78 Å². The van der Waals surface area contributed by atoms with E-state index < -0.39 is 11.6 Å². The Morgan fingerprint density at radius 3 is 2.88 bits per heavy atom. The minimum absolute atomic E-state index is 0.319. The van der Waals surface area contributed by atoms with E-state index >= 15 is 0 Å². The van der Waals surface area contributed by atoms with Crippen LogP contribution in [0.3, 0.4) is 0 Å². The molecule has 1 aromatic carbocycles. The molecule has 4 aromatic rings. The highest BCUT2D eigenvalue weighted by atomic mass is 19.1. The third-order valence-electron chi connectivity index (χ3n) is 4.91. The fraction of sp³-hybridized carbons (Fsp3) is 0.211. The highest BCUT2D eigenvalue weighted by molar-refractivity contribution is 5.83. The van der Waals surface area contributed by atoms with Crippen molar-refractivity contribution in [1.29, 1.82) is 0 Å². The van der Waals surface area contributed by atoms with Crippen LogP contribution in [0.25, 0.3) is 28.0 Å². The molecule has 130 valence electrons. The Morgan fingerprint density at radius 1 is 1.12 bits per heavy atom. The number of aryl methyl sites for hydroxylation is 2. The van der Waals surface area contributed by atoms with E-state index in [1.807, 2.05) is 23.0 Å². The number of hydrogen-bond donors (Lipinski definition) is 0. The van der Waals surface area contributed by atoms with Gasteiger partial charge in [0, 0.05) is 41.2 Å². The number of hydrogen-bond acceptors (Lipinski definition) is 3. The van der Waals surface area contributed by atoms with E-state index in [0.29, 0.717) is 16.8 Å². The van der Waals surface area contributed by atoms with Gasteiger partial charge < -0.3 is 0 Å². The zero-order valence-electron chi connectivity index (χ0n) is 14.1. The number of benzene rings is 1. The van der Waals surface area contributed by atoms with E-state index in [9.17, 15) is 8.78 Å². The largest absolute Gasteiger partial charge is 0.268 e. The Hall–Kier alpha value is -3.09. The molecule has 0 saturated carbocycles. The van der Waals surface area contributed by atoms with Crippen LogP contribution < -0.4 is 0 Å². The molecular weight excluding hydrogens is 336 g/mol. The lowest BCUT2D eigenvalue weighted by molar-refractivity contribution is 0.578. The molecule has 7 heteroatoms. The van der Waals surface area contributed by atoms with Crippen LogP contribution in [0.15, 0.2) is 36.8 Å². The van der Waals surface area contributed by atoms with Gasteiger partial charge in [0.05, 0.1) is 0 Å². The highest BCUT2D eigenvalue weighted by Crippen LogP contribution is 2.38. The van der Waals surface area contributed by atoms with Gasteiger partial charge in [0.1, 0.15) is 23.7 Å². The number of pyridine rings is 1. The van der Waals surface area contributed by atoms with E-state index in [0.717, 1.165) is 47.9 Å². The second-order valence-corrected chi connectivity index (χ2v) is 6.56. The Balaban J connectivity index is 1.78. The maximum absolute atomic E-state index is 14.6. The van der Waals surface area contributed by atoms with Crippen molar-refractivity contribution in [3.8, 4) is 22.4 Å². The maximum Gasteiger partial charge on any atom is 0.155 e. The predicted octanol–water partition coefficient (Wildman–Crippen LogP) is 3.79. The Morgan fingerprint density at radius 2 is 2.00 bits per heavy atom. The Kier molecular flexibility index (Phi) is 3.19. The first-order valence-electron chi connectivity index (χ1n) is 8.47. The van der Waals surface area contributed by atoms with Crippen molar-refractivity contribution in [3.05, 3.63) is 59.7 Å². The van der Waals surface area contributed by atoms with Crippen molar-refractivity contribution in [2.24, 2.45) is 0 Å². The molecule has 3 aromatic heterocycles. The number of halogens is 2.